The molecule has 110 valence electrons. The lowest BCUT2D eigenvalue weighted by Crippen LogP contribution is -2.30. The minimum Gasteiger partial charge on any atom is -0.481 e. The van der Waals surface area contributed by atoms with E-state index in [1.165, 1.54) is 19.1 Å². The lowest BCUT2D eigenvalue weighted by Gasteiger charge is -2.12. The summed E-state index contributed by atoms with van der Waals surface area (Å²) in [5.41, 5.74) is 6.27. The van der Waals surface area contributed by atoms with Crippen LogP contribution >= 0.6 is 0 Å². The van der Waals surface area contributed by atoms with Crippen molar-refractivity contribution in [2.75, 3.05) is 0 Å². The van der Waals surface area contributed by atoms with Gasteiger partial charge in [-0.1, -0.05) is 0 Å². The second kappa shape index (κ2) is 5.61. The number of carbonyl (C=O) groups is 1. The maximum absolute atomic E-state index is 11.0. The summed E-state index contributed by atoms with van der Waals surface area (Å²) in [5.74, 6) is -0.446. The Kier molecular flexibility index (Phi) is 3.88. The maximum atomic E-state index is 11.0. The number of carbonyl (C=O) groups excluding carboxylic acids is 1. The van der Waals surface area contributed by atoms with Crippen LogP contribution in [0.15, 0.2) is 30.6 Å². The maximum Gasteiger partial charge on any atom is 0.273 e. The van der Waals surface area contributed by atoms with Gasteiger partial charge in [-0.3, -0.25) is 19.6 Å². The minimum atomic E-state index is -0.881. The van der Waals surface area contributed by atoms with Gasteiger partial charge >= 0.3 is 0 Å². The lowest BCUT2D eigenvalue weighted by molar-refractivity contribution is -0.384. The zero-order chi connectivity index (χ0) is 15.6. The fourth-order valence-corrected chi connectivity index (χ4v) is 1.76. The van der Waals surface area contributed by atoms with Gasteiger partial charge in [-0.05, 0) is 18.6 Å². The first-order valence-corrected chi connectivity index (χ1v) is 6.11. The van der Waals surface area contributed by atoms with Gasteiger partial charge in [0.25, 0.3) is 11.6 Å². The molecular formula is C13H14N4O4. The van der Waals surface area contributed by atoms with E-state index in [4.69, 9.17) is 10.5 Å². The lowest BCUT2D eigenvalue weighted by atomic mass is 10.1. The Balaban J connectivity index is 2.43. The Morgan fingerprint density at radius 3 is 2.67 bits per heavy atom. The van der Waals surface area contributed by atoms with Crippen molar-refractivity contribution in [3.63, 3.8) is 0 Å². The second-order valence-electron chi connectivity index (χ2n) is 4.54. The Morgan fingerprint density at radius 1 is 1.43 bits per heavy atom. The zero-order valence-electron chi connectivity index (χ0n) is 11.5. The largest absolute Gasteiger partial charge is 0.481 e. The number of hydrogen-bond acceptors (Lipinski definition) is 5. The average Bonchev–Trinajstić information content (AvgIpc) is 2.85. The van der Waals surface area contributed by atoms with E-state index in [0.717, 1.165) is 0 Å². The van der Waals surface area contributed by atoms with Crippen LogP contribution in [0.25, 0.3) is 11.1 Å². The van der Waals surface area contributed by atoms with Crippen LogP contribution in [0.4, 0.5) is 5.69 Å². The van der Waals surface area contributed by atoms with E-state index in [1.54, 1.807) is 30.2 Å². The van der Waals surface area contributed by atoms with Crippen LogP contribution in [0, 0.1) is 10.1 Å². The molecule has 0 aliphatic heterocycles. The summed E-state index contributed by atoms with van der Waals surface area (Å²) in [6, 6.07) is 4.27. The molecule has 0 radical (unpaired) electrons. The molecule has 0 fully saturated rings. The molecule has 1 aromatic carbocycles. The quantitative estimate of drug-likeness (QED) is 0.657. The number of nitrogens with two attached hydrogens (primary N) is 1. The van der Waals surface area contributed by atoms with Crippen LogP contribution in [0.3, 0.4) is 0 Å². The summed E-state index contributed by atoms with van der Waals surface area (Å²) in [7, 11) is 1.74. The van der Waals surface area contributed by atoms with Gasteiger partial charge in [0, 0.05) is 24.9 Å². The summed E-state index contributed by atoms with van der Waals surface area (Å²) >= 11 is 0. The van der Waals surface area contributed by atoms with Crippen LogP contribution in [0.1, 0.15) is 6.92 Å². The van der Waals surface area contributed by atoms with Crippen LogP contribution < -0.4 is 10.5 Å². The molecule has 2 aromatic rings. The number of non-ortho nitro benzene ring substituents is 1. The number of primary amides is 1. The highest BCUT2D eigenvalue weighted by atomic mass is 16.6. The van der Waals surface area contributed by atoms with Crippen LogP contribution in [0.5, 0.6) is 5.75 Å². The molecular weight excluding hydrogens is 276 g/mol. The van der Waals surface area contributed by atoms with Gasteiger partial charge in [-0.2, -0.15) is 5.10 Å². The molecule has 0 aliphatic carbocycles. The summed E-state index contributed by atoms with van der Waals surface area (Å²) in [6.45, 7) is 1.48. The normalized spacial score (nSPS) is 11.9. The third-order valence-corrected chi connectivity index (χ3v) is 2.85. The van der Waals surface area contributed by atoms with Crippen LogP contribution in [0.2, 0.25) is 0 Å². The SMILES string of the molecule is CC(Oc1cc(-c2cnn(C)c2)cc([N+](=O)[O-])c1)C(N)=O. The van der Waals surface area contributed by atoms with Crippen molar-refractivity contribution >= 4 is 11.6 Å². The number of aryl methyl sites for hydroxylation is 1. The molecule has 0 aliphatic rings. The van der Waals surface area contributed by atoms with Crippen molar-refractivity contribution in [1.29, 1.82) is 0 Å². The molecule has 2 rings (SSSR count). The number of amides is 1. The fraction of sp³-hybridized carbons (Fsp3) is 0.231. The summed E-state index contributed by atoms with van der Waals surface area (Å²) in [4.78, 5) is 21.5. The minimum absolute atomic E-state index is 0.136. The van der Waals surface area contributed by atoms with Gasteiger partial charge in [0.1, 0.15) is 5.75 Å². The van der Waals surface area contributed by atoms with Gasteiger partial charge < -0.3 is 10.5 Å². The number of nitro benzene ring substituents is 1. The van der Waals surface area contributed by atoms with E-state index in [2.05, 4.69) is 5.10 Å². The van der Waals surface area contributed by atoms with E-state index in [0.29, 0.717) is 11.1 Å². The van der Waals surface area contributed by atoms with Crippen molar-refractivity contribution < 1.29 is 14.5 Å². The highest BCUT2D eigenvalue weighted by Gasteiger charge is 2.16. The third-order valence-electron chi connectivity index (χ3n) is 2.85. The van der Waals surface area contributed by atoms with E-state index in [1.807, 2.05) is 0 Å². The highest BCUT2D eigenvalue weighted by Crippen LogP contribution is 2.30. The fourth-order valence-electron chi connectivity index (χ4n) is 1.76. The Morgan fingerprint density at radius 2 is 2.14 bits per heavy atom. The van der Waals surface area contributed by atoms with Crippen molar-refractivity contribution in [1.82, 2.24) is 9.78 Å². The van der Waals surface area contributed by atoms with Crippen molar-refractivity contribution in [3.8, 4) is 16.9 Å². The number of benzene rings is 1. The third kappa shape index (κ3) is 3.35. The Labute approximate surface area is 120 Å². The number of aromatic nitrogens is 2. The molecule has 0 spiro atoms. The van der Waals surface area contributed by atoms with E-state index in [9.17, 15) is 14.9 Å². The molecule has 0 saturated carbocycles. The number of nitro groups is 1. The predicted octanol–water partition coefficient (Wildman–Crippen LogP) is 1.25. The van der Waals surface area contributed by atoms with E-state index < -0.39 is 16.9 Å². The number of ether oxygens (including phenoxy) is 1. The number of rotatable bonds is 5. The molecule has 0 saturated heterocycles. The molecule has 1 aromatic heterocycles. The van der Waals surface area contributed by atoms with Gasteiger partial charge in [0.05, 0.1) is 17.2 Å². The van der Waals surface area contributed by atoms with Gasteiger partial charge in [-0.15, -0.1) is 0 Å². The molecule has 1 atom stereocenters. The van der Waals surface area contributed by atoms with Crippen LogP contribution in [-0.4, -0.2) is 26.7 Å². The van der Waals surface area contributed by atoms with Crippen molar-refractivity contribution in [2.45, 2.75) is 13.0 Å². The smallest absolute Gasteiger partial charge is 0.273 e. The van der Waals surface area contributed by atoms with E-state index >= 15 is 0 Å². The van der Waals surface area contributed by atoms with Gasteiger partial charge in [0.2, 0.25) is 0 Å². The average molecular weight is 290 g/mol. The first kappa shape index (κ1) is 14.5. The first-order chi connectivity index (χ1) is 9.86. The Bertz CT molecular complexity index is 695. The summed E-state index contributed by atoms with van der Waals surface area (Å²) in [6.07, 6.45) is 2.43. The van der Waals surface area contributed by atoms with Crippen LogP contribution in [-0.2, 0) is 11.8 Å². The van der Waals surface area contributed by atoms with Gasteiger partial charge in [0.15, 0.2) is 6.10 Å². The molecule has 1 heterocycles. The molecule has 2 N–H and O–H groups in total. The topological polar surface area (TPSA) is 113 Å². The number of nitrogens with zero attached hydrogens (tertiary/aromatic N) is 3. The second-order valence-corrected chi connectivity index (χ2v) is 4.54. The standard InChI is InChI=1S/C13H14N4O4/c1-8(13(14)18)21-12-4-9(3-11(5-12)17(19)20)10-6-15-16(2)7-10/h3-8H,1-2H3,(H2,14,18). The van der Waals surface area contributed by atoms with Gasteiger partial charge in [-0.25, -0.2) is 0 Å². The highest BCUT2D eigenvalue weighted by molar-refractivity contribution is 5.79. The molecule has 8 heteroatoms. The summed E-state index contributed by atoms with van der Waals surface area (Å²) < 4.78 is 6.91. The number of hydrogen-bond donors (Lipinski definition) is 1. The molecule has 1 unspecified atom stereocenters. The first-order valence-electron chi connectivity index (χ1n) is 6.11. The monoisotopic (exact) mass is 290 g/mol. The molecule has 8 nitrogen and oxygen atoms in total. The Hall–Kier alpha value is -2.90. The molecule has 21 heavy (non-hydrogen) atoms. The van der Waals surface area contributed by atoms with Crippen molar-refractivity contribution in [3.05, 3.63) is 40.7 Å². The van der Waals surface area contributed by atoms with E-state index in [-0.39, 0.29) is 11.4 Å². The molecule has 0 bridgehead atoms. The zero-order valence-corrected chi connectivity index (χ0v) is 11.5. The predicted molar refractivity (Wildman–Crippen MR) is 74.6 cm³/mol. The molecule has 1 amide bonds. The van der Waals surface area contributed by atoms with Crippen molar-refractivity contribution in [2.24, 2.45) is 12.8 Å². The summed E-state index contributed by atoms with van der Waals surface area (Å²) in [5, 5.41) is 15.0.